The van der Waals surface area contributed by atoms with Crippen LogP contribution in [0.25, 0.3) is 11.0 Å². The number of amides is 1. The number of anilines is 1. The van der Waals surface area contributed by atoms with Gasteiger partial charge in [-0.2, -0.15) is 13.1 Å². The second-order valence-electron chi connectivity index (χ2n) is 5.32. The van der Waals surface area contributed by atoms with Crippen LogP contribution in [0.1, 0.15) is 0 Å². The second kappa shape index (κ2) is 7.35. The van der Waals surface area contributed by atoms with Crippen molar-refractivity contribution in [2.24, 2.45) is 0 Å². The summed E-state index contributed by atoms with van der Waals surface area (Å²) in [5.74, 6) is -1.29. The number of benzene rings is 2. The van der Waals surface area contributed by atoms with Crippen LogP contribution < -0.4 is 5.32 Å². The molecule has 0 aliphatic heterocycles. The van der Waals surface area contributed by atoms with Crippen molar-refractivity contribution in [3.63, 3.8) is 0 Å². The lowest BCUT2D eigenvalue weighted by Crippen LogP contribution is -2.35. The van der Waals surface area contributed by atoms with Crippen LogP contribution in [-0.2, 0) is 14.8 Å². The van der Waals surface area contributed by atoms with Gasteiger partial charge in [-0.1, -0.05) is 22.0 Å². The molecule has 7 nitrogen and oxygen atoms in total. The van der Waals surface area contributed by atoms with E-state index in [4.69, 9.17) is 0 Å². The van der Waals surface area contributed by atoms with E-state index in [2.05, 4.69) is 30.0 Å². The fourth-order valence-electron chi connectivity index (χ4n) is 2.23. The zero-order valence-electron chi connectivity index (χ0n) is 13.3. The maximum absolute atomic E-state index is 13.8. The van der Waals surface area contributed by atoms with Gasteiger partial charge in [0.05, 0.1) is 24.0 Å². The molecule has 1 amide bonds. The van der Waals surface area contributed by atoms with E-state index in [0.717, 1.165) is 16.0 Å². The Morgan fingerprint density at radius 3 is 2.81 bits per heavy atom. The third kappa shape index (κ3) is 3.75. The molecule has 0 aliphatic carbocycles. The van der Waals surface area contributed by atoms with Crippen LogP contribution in [0.3, 0.4) is 0 Å². The molecule has 0 radical (unpaired) electrons. The average molecular weight is 459 g/mol. The fourth-order valence-corrected chi connectivity index (χ4v) is 4.43. The van der Waals surface area contributed by atoms with Crippen molar-refractivity contribution in [3.05, 3.63) is 46.7 Å². The number of hydrogen-bond acceptors (Lipinski definition) is 6. The molecule has 1 heterocycles. The van der Waals surface area contributed by atoms with Crippen molar-refractivity contribution in [1.82, 2.24) is 13.1 Å². The van der Waals surface area contributed by atoms with Gasteiger partial charge >= 0.3 is 0 Å². The van der Waals surface area contributed by atoms with Gasteiger partial charge in [-0.05, 0) is 30.3 Å². The first-order valence-corrected chi connectivity index (χ1v) is 10.2. The number of fused-ring (bicyclic) bond motifs is 1. The Balaban J connectivity index is 1.79. The Kier molecular flexibility index (Phi) is 5.32. The van der Waals surface area contributed by atoms with Crippen molar-refractivity contribution >= 4 is 60.3 Å². The highest BCUT2D eigenvalue weighted by atomic mass is 79.9. The number of carbonyl (C=O) groups excluding carboxylic acids is 1. The van der Waals surface area contributed by atoms with Gasteiger partial charge in [0.2, 0.25) is 15.9 Å². The molecular weight excluding hydrogens is 447 g/mol. The van der Waals surface area contributed by atoms with Crippen LogP contribution in [0.15, 0.2) is 45.8 Å². The number of sulfonamides is 1. The predicted molar refractivity (Wildman–Crippen MR) is 100.0 cm³/mol. The first kappa shape index (κ1) is 18.8. The van der Waals surface area contributed by atoms with Crippen molar-refractivity contribution in [1.29, 1.82) is 0 Å². The molecular formula is C15H12BrFN4O3S2. The largest absolute Gasteiger partial charge is 0.322 e. The minimum Gasteiger partial charge on any atom is -0.322 e. The normalized spacial score (nSPS) is 11.8. The smallest absolute Gasteiger partial charge is 0.245 e. The Bertz CT molecular complexity index is 1090. The molecule has 0 spiro atoms. The zero-order valence-corrected chi connectivity index (χ0v) is 16.5. The third-order valence-corrected chi connectivity index (χ3v) is 6.38. The van der Waals surface area contributed by atoms with Gasteiger partial charge in [-0.15, -0.1) is 0 Å². The summed E-state index contributed by atoms with van der Waals surface area (Å²) >= 11 is 4.03. The highest BCUT2D eigenvalue weighted by molar-refractivity contribution is 9.10. The number of aromatic nitrogens is 2. The summed E-state index contributed by atoms with van der Waals surface area (Å²) < 4.78 is 48.7. The van der Waals surface area contributed by atoms with E-state index < -0.39 is 28.3 Å². The third-order valence-electron chi connectivity index (χ3n) is 3.51. The molecule has 0 bridgehead atoms. The minimum atomic E-state index is -3.96. The highest BCUT2D eigenvalue weighted by Crippen LogP contribution is 2.24. The van der Waals surface area contributed by atoms with E-state index in [-0.39, 0.29) is 16.1 Å². The summed E-state index contributed by atoms with van der Waals surface area (Å²) in [7, 11) is -2.69. The molecule has 136 valence electrons. The molecule has 11 heteroatoms. The molecule has 0 atom stereocenters. The van der Waals surface area contributed by atoms with Crippen molar-refractivity contribution in [2.75, 3.05) is 18.9 Å². The quantitative estimate of drug-likeness (QED) is 0.634. The van der Waals surface area contributed by atoms with E-state index in [1.165, 1.54) is 25.2 Å². The van der Waals surface area contributed by atoms with Gasteiger partial charge in [0, 0.05) is 11.5 Å². The molecule has 3 rings (SSSR count). The van der Waals surface area contributed by atoms with Crippen LogP contribution in [0.4, 0.5) is 10.1 Å². The molecule has 0 unspecified atom stereocenters. The maximum atomic E-state index is 13.8. The Labute approximate surface area is 161 Å². The van der Waals surface area contributed by atoms with Crippen LogP contribution in [0.2, 0.25) is 0 Å². The van der Waals surface area contributed by atoms with Crippen molar-refractivity contribution in [2.45, 2.75) is 4.90 Å². The Hall–Kier alpha value is -1.95. The molecule has 0 saturated heterocycles. The Morgan fingerprint density at radius 2 is 2.08 bits per heavy atom. The minimum absolute atomic E-state index is 0.0326. The van der Waals surface area contributed by atoms with Crippen LogP contribution in [0.5, 0.6) is 0 Å². The van der Waals surface area contributed by atoms with Crippen molar-refractivity contribution < 1.29 is 17.6 Å². The lowest BCUT2D eigenvalue weighted by atomic mass is 10.3. The molecule has 2 aromatic carbocycles. The van der Waals surface area contributed by atoms with Gasteiger partial charge in [0.25, 0.3) is 0 Å². The lowest BCUT2D eigenvalue weighted by Gasteiger charge is -2.17. The van der Waals surface area contributed by atoms with Gasteiger partial charge in [0.1, 0.15) is 21.7 Å². The van der Waals surface area contributed by atoms with E-state index in [1.54, 1.807) is 18.2 Å². The van der Waals surface area contributed by atoms with E-state index in [0.29, 0.717) is 9.99 Å². The van der Waals surface area contributed by atoms with Crippen LogP contribution in [0, 0.1) is 5.82 Å². The molecule has 0 saturated carbocycles. The van der Waals surface area contributed by atoms with Crippen molar-refractivity contribution in [3.8, 4) is 0 Å². The number of rotatable bonds is 5. The topological polar surface area (TPSA) is 92.3 Å². The number of nitrogens with one attached hydrogen (secondary N) is 1. The van der Waals surface area contributed by atoms with Crippen LogP contribution in [-0.4, -0.2) is 41.0 Å². The number of nitrogens with zero attached hydrogens (tertiary/aromatic N) is 3. The fraction of sp³-hybridized carbons (Fsp3) is 0.133. The van der Waals surface area contributed by atoms with Gasteiger partial charge < -0.3 is 5.32 Å². The standard InChI is InChI=1S/C15H12BrFN4O3S2/c1-21(8-14(22)18-11-6-5-9(16)7-10(11)17)26(23,24)13-4-2-3-12-15(13)20-25-19-12/h2-7H,8H2,1H3,(H,18,22). The van der Waals surface area contributed by atoms with Gasteiger partial charge in [0.15, 0.2) is 0 Å². The van der Waals surface area contributed by atoms with Crippen LogP contribution >= 0.6 is 27.7 Å². The molecule has 1 aromatic heterocycles. The SMILES string of the molecule is CN(CC(=O)Nc1ccc(Br)cc1F)S(=O)(=O)c1cccc2nsnc12. The monoisotopic (exact) mass is 458 g/mol. The van der Waals surface area contributed by atoms with Gasteiger partial charge in [-0.3, -0.25) is 4.79 Å². The number of halogens is 2. The summed E-state index contributed by atoms with van der Waals surface area (Å²) in [4.78, 5) is 12.1. The van der Waals surface area contributed by atoms with Gasteiger partial charge in [-0.25, -0.2) is 12.8 Å². The number of hydrogen-bond donors (Lipinski definition) is 1. The molecule has 3 aromatic rings. The first-order valence-electron chi connectivity index (χ1n) is 7.21. The highest BCUT2D eigenvalue weighted by Gasteiger charge is 2.26. The molecule has 1 N–H and O–H groups in total. The number of likely N-dealkylation sites (N-methyl/N-ethyl adjacent to an activating group) is 1. The summed E-state index contributed by atoms with van der Waals surface area (Å²) in [6, 6.07) is 8.76. The summed E-state index contributed by atoms with van der Waals surface area (Å²) in [6.45, 7) is -0.480. The summed E-state index contributed by atoms with van der Waals surface area (Å²) in [5.41, 5.74) is 0.685. The molecule has 0 aliphatic rings. The predicted octanol–water partition coefficient (Wildman–Crippen LogP) is 2.85. The van der Waals surface area contributed by atoms with E-state index in [1.807, 2.05) is 0 Å². The molecule has 0 fully saturated rings. The zero-order chi connectivity index (χ0) is 18.9. The number of carbonyl (C=O) groups is 1. The average Bonchev–Trinajstić information content (AvgIpc) is 3.05. The summed E-state index contributed by atoms with van der Waals surface area (Å²) in [6.07, 6.45) is 0. The van der Waals surface area contributed by atoms with E-state index in [9.17, 15) is 17.6 Å². The summed E-state index contributed by atoms with van der Waals surface area (Å²) in [5, 5.41) is 2.36. The lowest BCUT2D eigenvalue weighted by molar-refractivity contribution is -0.116. The Morgan fingerprint density at radius 1 is 1.31 bits per heavy atom. The second-order valence-corrected chi connectivity index (χ2v) is 8.78. The van der Waals surface area contributed by atoms with E-state index >= 15 is 0 Å². The molecule has 26 heavy (non-hydrogen) atoms. The maximum Gasteiger partial charge on any atom is 0.245 e. The first-order chi connectivity index (χ1) is 12.3.